The third-order valence-corrected chi connectivity index (χ3v) is 2.77. The number of carbonyl (C=O) groups is 1. The van der Waals surface area contributed by atoms with Crippen molar-refractivity contribution in [1.29, 1.82) is 0 Å². The van der Waals surface area contributed by atoms with Crippen LogP contribution >= 0.6 is 0 Å². The van der Waals surface area contributed by atoms with E-state index >= 15 is 0 Å². The fraction of sp³-hybridized carbons (Fsp3) is 0.333. The van der Waals surface area contributed by atoms with Crippen molar-refractivity contribution in [2.75, 3.05) is 26.0 Å². The number of benzene rings is 1. The van der Waals surface area contributed by atoms with Gasteiger partial charge in [0.05, 0.1) is 12.3 Å². The third-order valence-electron chi connectivity index (χ3n) is 2.77. The van der Waals surface area contributed by atoms with Gasteiger partial charge in [0, 0.05) is 18.2 Å². The number of rotatable bonds is 6. The fourth-order valence-corrected chi connectivity index (χ4v) is 1.93. The molecule has 1 aromatic carbocycles. The molecule has 0 spiro atoms. The number of ether oxygens (including phenoxy) is 1. The summed E-state index contributed by atoms with van der Waals surface area (Å²) >= 11 is 0. The summed E-state index contributed by atoms with van der Waals surface area (Å²) in [5, 5.41) is 9.74. The van der Waals surface area contributed by atoms with Crippen molar-refractivity contribution < 1.29 is 9.53 Å². The summed E-state index contributed by atoms with van der Waals surface area (Å²) in [7, 11) is 3.94. The lowest BCUT2D eigenvalue weighted by atomic mass is 10.2. The van der Waals surface area contributed by atoms with Gasteiger partial charge in [-0.25, -0.2) is 0 Å². The summed E-state index contributed by atoms with van der Waals surface area (Å²) in [5.74, 6) is 0.985. The highest BCUT2D eigenvalue weighted by molar-refractivity contribution is 6.04. The molecule has 2 aromatic rings. The number of H-pyrrole nitrogens is 1. The smallest absolute Gasteiger partial charge is 0.256 e. The van der Waals surface area contributed by atoms with Gasteiger partial charge in [0.15, 0.2) is 5.82 Å². The van der Waals surface area contributed by atoms with E-state index in [1.54, 1.807) is 18.2 Å². The summed E-state index contributed by atoms with van der Waals surface area (Å²) in [6.07, 6.45) is 0. The maximum Gasteiger partial charge on any atom is 0.256 e. The van der Waals surface area contributed by atoms with Gasteiger partial charge in [-0.15, -0.1) is 0 Å². The zero-order valence-corrected chi connectivity index (χ0v) is 12.5. The van der Waals surface area contributed by atoms with Crippen LogP contribution in [0.4, 0.5) is 5.82 Å². The van der Waals surface area contributed by atoms with E-state index in [2.05, 4.69) is 15.5 Å². The van der Waals surface area contributed by atoms with Gasteiger partial charge in [0.2, 0.25) is 0 Å². The number of nitrogens with zero attached hydrogens (tertiary/aromatic N) is 2. The molecule has 0 aliphatic carbocycles. The fourth-order valence-electron chi connectivity index (χ4n) is 1.93. The van der Waals surface area contributed by atoms with E-state index in [4.69, 9.17) is 4.74 Å². The van der Waals surface area contributed by atoms with Crippen LogP contribution in [-0.4, -0.2) is 41.7 Å². The number of nitrogens with one attached hydrogen (secondary N) is 2. The Morgan fingerprint density at radius 2 is 2.19 bits per heavy atom. The molecule has 6 heteroatoms. The second-order valence-electron chi connectivity index (χ2n) is 4.93. The molecule has 0 radical (unpaired) electrons. The average molecular weight is 288 g/mol. The van der Waals surface area contributed by atoms with Crippen LogP contribution in [0.25, 0.3) is 0 Å². The van der Waals surface area contributed by atoms with Gasteiger partial charge in [-0.1, -0.05) is 6.07 Å². The van der Waals surface area contributed by atoms with E-state index in [0.29, 0.717) is 23.7 Å². The minimum Gasteiger partial charge on any atom is -0.494 e. The Morgan fingerprint density at radius 1 is 1.38 bits per heavy atom. The number of hydrogen-bond donors (Lipinski definition) is 2. The first kappa shape index (κ1) is 15.1. The van der Waals surface area contributed by atoms with Gasteiger partial charge in [-0.05, 0) is 39.2 Å². The molecule has 21 heavy (non-hydrogen) atoms. The largest absolute Gasteiger partial charge is 0.494 e. The molecule has 0 aliphatic heterocycles. The SMILES string of the molecule is CCOc1cccc(C(=O)Nc2cc(CN(C)C)[nH]n2)c1. The molecule has 1 amide bonds. The van der Waals surface area contributed by atoms with Crippen LogP contribution in [-0.2, 0) is 6.54 Å². The molecule has 2 N–H and O–H groups in total. The van der Waals surface area contributed by atoms with Crippen LogP contribution in [0, 0.1) is 0 Å². The molecular formula is C15H20N4O2. The molecule has 1 aromatic heterocycles. The van der Waals surface area contributed by atoms with E-state index in [1.165, 1.54) is 0 Å². The number of aromatic amines is 1. The molecule has 0 bridgehead atoms. The highest BCUT2D eigenvalue weighted by Gasteiger charge is 2.10. The van der Waals surface area contributed by atoms with Crippen molar-refractivity contribution in [3.8, 4) is 5.75 Å². The van der Waals surface area contributed by atoms with Crippen molar-refractivity contribution in [3.63, 3.8) is 0 Å². The first-order valence-electron chi connectivity index (χ1n) is 6.81. The topological polar surface area (TPSA) is 70.2 Å². The maximum absolute atomic E-state index is 12.2. The molecule has 112 valence electrons. The second-order valence-corrected chi connectivity index (χ2v) is 4.93. The monoisotopic (exact) mass is 288 g/mol. The predicted molar refractivity (Wildman–Crippen MR) is 81.5 cm³/mol. The Morgan fingerprint density at radius 3 is 2.90 bits per heavy atom. The van der Waals surface area contributed by atoms with E-state index < -0.39 is 0 Å². The van der Waals surface area contributed by atoms with E-state index in [-0.39, 0.29) is 5.91 Å². The van der Waals surface area contributed by atoms with Crippen molar-refractivity contribution in [2.24, 2.45) is 0 Å². The number of aromatic nitrogens is 2. The lowest BCUT2D eigenvalue weighted by Crippen LogP contribution is -2.12. The second kappa shape index (κ2) is 6.90. The van der Waals surface area contributed by atoms with E-state index in [9.17, 15) is 4.79 Å². The van der Waals surface area contributed by atoms with Crippen LogP contribution in [0.3, 0.4) is 0 Å². The summed E-state index contributed by atoms with van der Waals surface area (Å²) in [5.41, 5.74) is 1.48. The number of carbonyl (C=O) groups excluding carboxylic acids is 1. The normalized spacial score (nSPS) is 10.7. The number of amides is 1. The standard InChI is InChI=1S/C15H20N4O2/c1-4-21-13-7-5-6-11(8-13)15(20)16-14-9-12(17-18-14)10-19(2)3/h5-9H,4,10H2,1-3H3,(H2,16,17,18,20). The first-order chi connectivity index (χ1) is 10.1. The van der Waals surface area contributed by atoms with Crippen molar-refractivity contribution in [3.05, 3.63) is 41.6 Å². The zero-order chi connectivity index (χ0) is 15.2. The Kier molecular flexibility index (Phi) is 4.94. The molecule has 0 atom stereocenters. The lowest BCUT2D eigenvalue weighted by molar-refractivity contribution is 0.102. The zero-order valence-electron chi connectivity index (χ0n) is 12.5. The van der Waals surface area contributed by atoms with Gasteiger partial charge < -0.3 is 15.0 Å². The summed E-state index contributed by atoms with van der Waals surface area (Å²) in [6.45, 7) is 3.21. The number of hydrogen-bond acceptors (Lipinski definition) is 4. The maximum atomic E-state index is 12.2. The molecule has 0 aliphatic rings. The van der Waals surface area contributed by atoms with Crippen molar-refractivity contribution >= 4 is 11.7 Å². The summed E-state index contributed by atoms with van der Waals surface area (Å²) in [4.78, 5) is 14.2. The van der Waals surface area contributed by atoms with Gasteiger partial charge in [-0.3, -0.25) is 9.89 Å². The quantitative estimate of drug-likeness (QED) is 0.854. The van der Waals surface area contributed by atoms with Gasteiger partial charge in [0.25, 0.3) is 5.91 Å². The van der Waals surface area contributed by atoms with Gasteiger partial charge in [0.1, 0.15) is 5.75 Å². The Balaban J connectivity index is 2.03. The molecule has 2 rings (SSSR count). The summed E-state index contributed by atoms with van der Waals surface area (Å²) in [6, 6.07) is 8.90. The highest BCUT2D eigenvalue weighted by Crippen LogP contribution is 2.15. The molecule has 1 heterocycles. The number of anilines is 1. The van der Waals surface area contributed by atoms with Crippen LogP contribution < -0.4 is 10.1 Å². The van der Waals surface area contributed by atoms with Crippen LogP contribution in [0.2, 0.25) is 0 Å². The van der Waals surface area contributed by atoms with Crippen molar-refractivity contribution in [2.45, 2.75) is 13.5 Å². The molecule has 6 nitrogen and oxygen atoms in total. The molecule has 0 fully saturated rings. The minimum atomic E-state index is -0.209. The van der Waals surface area contributed by atoms with E-state index in [1.807, 2.05) is 38.1 Å². The lowest BCUT2D eigenvalue weighted by Gasteiger charge is -2.06. The Hall–Kier alpha value is -2.34. The minimum absolute atomic E-state index is 0.209. The van der Waals surface area contributed by atoms with Gasteiger partial charge >= 0.3 is 0 Å². The highest BCUT2D eigenvalue weighted by atomic mass is 16.5. The first-order valence-corrected chi connectivity index (χ1v) is 6.81. The van der Waals surface area contributed by atoms with Gasteiger partial charge in [-0.2, -0.15) is 5.10 Å². The van der Waals surface area contributed by atoms with Crippen LogP contribution in [0.5, 0.6) is 5.75 Å². The predicted octanol–water partition coefficient (Wildman–Crippen LogP) is 2.12. The van der Waals surface area contributed by atoms with Crippen molar-refractivity contribution in [1.82, 2.24) is 15.1 Å². The molecule has 0 saturated carbocycles. The molecule has 0 unspecified atom stereocenters. The summed E-state index contributed by atoms with van der Waals surface area (Å²) < 4.78 is 5.39. The van der Waals surface area contributed by atoms with Crippen LogP contribution in [0.15, 0.2) is 30.3 Å². The average Bonchev–Trinajstić information content (AvgIpc) is 2.86. The molecular weight excluding hydrogens is 268 g/mol. The Labute approximate surface area is 124 Å². The third kappa shape index (κ3) is 4.32. The van der Waals surface area contributed by atoms with Crippen LogP contribution in [0.1, 0.15) is 23.0 Å². The Bertz CT molecular complexity index is 607. The molecule has 0 saturated heterocycles. The van der Waals surface area contributed by atoms with E-state index in [0.717, 1.165) is 12.2 Å².